The molecule has 0 spiro atoms. The summed E-state index contributed by atoms with van der Waals surface area (Å²) >= 11 is 1.57. The van der Waals surface area contributed by atoms with Crippen molar-refractivity contribution in [3.8, 4) is 16.5 Å². The van der Waals surface area contributed by atoms with Crippen molar-refractivity contribution in [3.05, 3.63) is 88.6 Å². The number of anilines is 1. The molecule has 1 aliphatic rings. The Labute approximate surface area is 244 Å². The average Bonchev–Trinajstić information content (AvgIpc) is 3.63. The summed E-state index contributed by atoms with van der Waals surface area (Å²) in [7, 11) is -4.03. The second kappa shape index (κ2) is 12.9. The zero-order chi connectivity index (χ0) is 28.8. The summed E-state index contributed by atoms with van der Waals surface area (Å²) in [4.78, 5) is 18.1. The van der Waals surface area contributed by atoms with Gasteiger partial charge in [-0.3, -0.25) is 9.10 Å². The Kier molecular flexibility index (Phi) is 9.06. The maximum atomic E-state index is 13.9. The molecule has 11 heteroatoms. The highest BCUT2D eigenvalue weighted by molar-refractivity contribution is 7.90. The van der Waals surface area contributed by atoms with Crippen LogP contribution in [0.2, 0.25) is 0 Å². The molecule has 0 aliphatic carbocycles. The number of esters is 1. The van der Waals surface area contributed by atoms with Crippen LogP contribution in [0.25, 0.3) is 10.8 Å². The Morgan fingerprint density at radius 2 is 2.00 bits per heavy atom. The van der Waals surface area contributed by atoms with Crippen LogP contribution in [0.5, 0.6) is 5.75 Å². The number of carbonyl (C=O) groups is 1. The second-order valence-electron chi connectivity index (χ2n) is 9.63. The summed E-state index contributed by atoms with van der Waals surface area (Å²) in [6, 6.07) is 18.7. The van der Waals surface area contributed by atoms with Crippen molar-refractivity contribution in [1.29, 1.82) is 0 Å². The number of thiophene rings is 1. The number of para-hydroxylation sites is 1. The van der Waals surface area contributed by atoms with Gasteiger partial charge in [-0.1, -0.05) is 36.4 Å². The smallest absolute Gasteiger partial charge is 0.321 e. The third-order valence-electron chi connectivity index (χ3n) is 6.77. The van der Waals surface area contributed by atoms with E-state index in [0.29, 0.717) is 48.9 Å². The third kappa shape index (κ3) is 6.80. The molecular weight excluding hydrogens is 562 g/mol. The number of hydrogen-bond acceptors (Lipinski definition) is 8. The number of carbonyl (C=O) groups excluding carboxylic acids is 1. The Balaban J connectivity index is 1.30. The molecule has 2 aromatic carbocycles. The third-order valence-corrected chi connectivity index (χ3v) is 9.48. The molecule has 0 saturated carbocycles. The van der Waals surface area contributed by atoms with Gasteiger partial charge in [-0.2, -0.15) is 12.7 Å². The number of fused-ring (bicyclic) bond motifs is 1. The first-order chi connectivity index (χ1) is 19.8. The van der Waals surface area contributed by atoms with E-state index in [9.17, 15) is 13.2 Å². The molecule has 3 heterocycles. The summed E-state index contributed by atoms with van der Waals surface area (Å²) in [6.45, 7) is 4.07. The van der Waals surface area contributed by atoms with E-state index in [-0.39, 0.29) is 13.2 Å². The quantitative estimate of drug-likeness (QED) is 0.202. The van der Waals surface area contributed by atoms with Gasteiger partial charge in [0, 0.05) is 19.5 Å². The van der Waals surface area contributed by atoms with Crippen LogP contribution in [0.4, 0.5) is 5.69 Å². The standard InChI is InChI=1S/C30H33N3O6S2/c1-3-37-29(34)21-32(41(35,36)33-16-7-11-24-10-4-5-13-27(24)33)20-23-9-6-12-25(19-23)38-17-15-26-22(2)39-30(31-26)28-14-8-18-40-28/h4-6,8-10,12-14,18-19H,3,7,11,15-17,20-21H2,1-2H3. The van der Waals surface area contributed by atoms with Crippen LogP contribution in [0.15, 0.2) is 70.5 Å². The van der Waals surface area contributed by atoms with Crippen LogP contribution in [-0.2, 0) is 39.1 Å². The summed E-state index contributed by atoms with van der Waals surface area (Å²) in [6.07, 6.45) is 2.07. The molecule has 2 aromatic heterocycles. The Bertz CT molecular complexity index is 1580. The normalized spacial score (nSPS) is 13.3. The highest BCUT2D eigenvalue weighted by atomic mass is 32.2. The minimum absolute atomic E-state index is 0.0103. The molecule has 0 amide bonds. The SMILES string of the molecule is CCOC(=O)CN(Cc1cccc(OCCc2nc(-c3cccs3)oc2C)c1)S(=O)(=O)N1CCCc2ccccc21. The summed E-state index contributed by atoms with van der Waals surface area (Å²) in [5, 5.41) is 1.98. The van der Waals surface area contributed by atoms with Crippen molar-refractivity contribution in [1.82, 2.24) is 9.29 Å². The summed E-state index contributed by atoms with van der Waals surface area (Å²) < 4.78 is 47.4. The molecule has 0 N–H and O–H groups in total. The highest BCUT2D eigenvalue weighted by Gasteiger charge is 2.34. The Hall–Kier alpha value is -3.67. The minimum Gasteiger partial charge on any atom is -0.493 e. The molecule has 0 saturated heterocycles. The van der Waals surface area contributed by atoms with Gasteiger partial charge in [-0.05, 0) is 67.5 Å². The van der Waals surface area contributed by atoms with Crippen molar-refractivity contribution in [2.45, 2.75) is 39.7 Å². The lowest BCUT2D eigenvalue weighted by atomic mass is 10.0. The first kappa shape index (κ1) is 28.8. The molecule has 0 atom stereocenters. The van der Waals surface area contributed by atoms with Crippen molar-refractivity contribution in [3.63, 3.8) is 0 Å². The highest BCUT2D eigenvalue weighted by Crippen LogP contribution is 2.31. The number of rotatable bonds is 12. The lowest BCUT2D eigenvalue weighted by molar-refractivity contribution is -0.143. The average molecular weight is 596 g/mol. The van der Waals surface area contributed by atoms with E-state index in [1.807, 2.05) is 66.9 Å². The van der Waals surface area contributed by atoms with Gasteiger partial charge in [-0.25, -0.2) is 4.98 Å². The number of oxazole rings is 1. The van der Waals surface area contributed by atoms with Crippen LogP contribution in [0, 0.1) is 6.92 Å². The predicted octanol–water partition coefficient (Wildman–Crippen LogP) is 5.40. The van der Waals surface area contributed by atoms with Gasteiger partial charge >= 0.3 is 16.2 Å². The summed E-state index contributed by atoms with van der Waals surface area (Å²) in [5.41, 5.74) is 3.14. The van der Waals surface area contributed by atoms with Gasteiger partial charge in [0.05, 0.1) is 29.5 Å². The molecule has 1 aliphatic heterocycles. The van der Waals surface area contributed by atoms with Crippen LogP contribution >= 0.6 is 11.3 Å². The molecule has 9 nitrogen and oxygen atoms in total. The monoisotopic (exact) mass is 595 g/mol. The van der Waals surface area contributed by atoms with E-state index in [4.69, 9.17) is 13.9 Å². The maximum absolute atomic E-state index is 13.9. The topological polar surface area (TPSA) is 102 Å². The molecular formula is C30H33N3O6S2. The number of nitrogens with zero attached hydrogens (tertiary/aromatic N) is 3. The largest absolute Gasteiger partial charge is 0.493 e. The zero-order valence-corrected chi connectivity index (χ0v) is 24.7. The fourth-order valence-electron chi connectivity index (χ4n) is 4.82. The van der Waals surface area contributed by atoms with E-state index in [0.717, 1.165) is 28.3 Å². The summed E-state index contributed by atoms with van der Waals surface area (Å²) in [5.74, 6) is 1.36. The molecule has 0 bridgehead atoms. The molecule has 0 radical (unpaired) electrons. The number of aromatic nitrogens is 1. The van der Waals surface area contributed by atoms with Gasteiger partial charge in [0.15, 0.2) is 0 Å². The Morgan fingerprint density at radius 1 is 1.15 bits per heavy atom. The zero-order valence-electron chi connectivity index (χ0n) is 23.1. The Morgan fingerprint density at radius 3 is 2.80 bits per heavy atom. The van der Waals surface area contributed by atoms with Gasteiger partial charge in [-0.15, -0.1) is 11.3 Å². The first-order valence-electron chi connectivity index (χ1n) is 13.6. The molecule has 5 rings (SSSR count). The molecule has 41 heavy (non-hydrogen) atoms. The molecule has 4 aromatic rings. The lowest BCUT2D eigenvalue weighted by Crippen LogP contribution is -2.47. The lowest BCUT2D eigenvalue weighted by Gasteiger charge is -2.34. The number of hydrogen-bond donors (Lipinski definition) is 0. The van der Waals surface area contributed by atoms with E-state index in [2.05, 4.69) is 4.98 Å². The van der Waals surface area contributed by atoms with Crippen LogP contribution in [0.1, 0.15) is 35.9 Å². The van der Waals surface area contributed by atoms with E-state index in [1.165, 1.54) is 8.61 Å². The van der Waals surface area contributed by atoms with Crippen LogP contribution in [0.3, 0.4) is 0 Å². The van der Waals surface area contributed by atoms with E-state index >= 15 is 0 Å². The van der Waals surface area contributed by atoms with Gasteiger partial charge in [0.25, 0.3) is 0 Å². The van der Waals surface area contributed by atoms with Crippen molar-refractivity contribution >= 4 is 33.2 Å². The first-order valence-corrected chi connectivity index (χ1v) is 15.9. The number of aryl methyl sites for hydroxylation is 2. The predicted molar refractivity (Wildman–Crippen MR) is 158 cm³/mol. The van der Waals surface area contributed by atoms with Crippen molar-refractivity contribution in [2.24, 2.45) is 0 Å². The van der Waals surface area contributed by atoms with Gasteiger partial charge in [0.2, 0.25) is 5.89 Å². The number of ether oxygens (including phenoxy) is 2. The van der Waals surface area contributed by atoms with Gasteiger partial charge in [0.1, 0.15) is 18.1 Å². The maximum Gasteiger partial charge on any atom is 0.321 e. The fraction of sp³-hybridized carbons (Fsp3) is 0.333. The van der Waals surface area contributed by atoms with Crippen LogP contribution in [-0.4, -0.2) is 50.0 Å². The molecule has 216 valence electrons. The molecule has 0 fully saturated rings. The van der Waals surface area contributed by atoms with E-state index in [1.54, 1.807) is 24.3 Å². The van der Waals surface area contributed by atoms with E-state index < -0.39 is 22.7 Å². The minimum atomic E-state index is -4.03. The van der Waals surface area contributed by atoms with Crippen LogP contribution < -0.4 is 9.04 Å². The van der Waals surface area contributed by atoms with Crippen molar-refractivity contribution in [2.75, 3.05) is 30.6 Å². The molecule has 0 unspecified atom stereocenters. The fourth-order valence-corrected chi connectivity index (χ4v) is 7.11. The van der Waals surface area contributed by atoms with Gasteiger partial charge < -0.3 is 13.9 Å². The van der Waals surface area contributed by atoms with Crippen molar-refractivity contribution < 1.29 is 27.1 Å². The number of benzene rings is 2. The second-order valence-corrected chi connectivity index (χ2v) is 12.4.